The third-order valence-electron chi connectivity index (χ3n) is 3.69. The summed E-state index contributed by atoms with van der Waals surface area (Å²) in [7, 11) is 0. The molecule has 4 heteroatoms. The molecule has 1 aliphatic heterocycles. The molecule has 0 bridgehead atoms. The van der Waals surface area contributed by atoms with Gasteiger partial charge in [-0.2, -0.15) is 0 Å². The Bertz CT molecular complexity index is 474. The highest BCUT2D eigenvalue weighted by Gasteiger charge is 2.25. The molecule has 2 atom stereocenters. The summed E-state index contributed by atoms with van der Waals surface area (Å²) < 4.78 is 5.60. The van der Waals surface area contributed by atoms with Gasteiger partial charge in [0.2, 0.25) is 5.91 Å². The number of amides is 1. The first-order valence-electron chi connectivity index (χ1n) is 7.38. The monoisotopic (exact) mass is 276 g/mol. The maximum absolute atomic E-state index is 12.4. The Kier molecular flexibility index (Phi) is 5.01. The van der Waals surface area contributed by atoms with Crippen molar-refractivity contribution in [2.45, 2.75) is 39.7 Å². The molecule has 1 heterocycles. The second-order valence-electron chi connectivity index (χ2n) is 5.50. The first-order valence-corrected chi connectivity index (χ1v) is 7.38. The van der Waals surface area contributed by atoms with Crippen LogP contribution in [-0.2, 0) is 4.79 Å². The van der Waals surface area contributed by atoms with E-state index in [1.54, 1.807) is 0 Å². The number of carbonyl (C=O) groups excluding carboxylic acids is 1. The second-order valence-corrected chi connectivity index (χ2v) is 5.50. The predicted octanol–water partition coefficient (Wildman–Crippen LogP) is 2.72. The number of anilines is 1. The maximum Gasteiger partial charge on any atom is 0.227 e. The maximum atomic E-state index is 12.4. The molecule has 0 saturated carbocycles. The zero-order valence-electron chi connectivity index (χ0n) is 12.5. The van der Waals surface area contributed by atoms with Crippen LogP contribution in [0.25, 0.3) is 0 Å². The molecule has 110 valence electrons. The van der Waals surface area contributed by atoms with Crippen molar-refractivity contribution in [3.63, 3.8) is 0 Å². The molecular weight excluding hydrogens is 252 g/mol. The molecule has 2 unspecified atom stereocenters. The highest BCUT2D eigenvalue weighted by atomic mass is 16.5. The van der Waals surface area contributed by atoms with Crippen LogP contribution in [0, 0.1) is 12.8 Å². The third-order valence-corrected chi connectivity index (χ3v) is 3.69. The van der Waals surface area contributed by atoms with E-state index in [0.29, 0.717) is 12.6 Å². The van der Waals surface area contributed by atoms with Crippen LogP contribution in [0.15, 0.2) is 18.2 Å². The van der Waals surface area contributed by atoms with Gasteiger partial charge in [0.05, 0.1) is 12.3 Å². The standard InChI is InChI=1S/C16H24N2O2/c1-4-20-15-9-11(2)5-6-14(15)18-16(19)13-7-8-17-12(3)10-13/h5-6,9,12-13,17H,4,7-8,10H2,1-3H3,(H,18,19). The lowest BCUT2D eigenvalue weighted by atomic mass is 9.92. The van der Waals surface area contributed by atoms with Crippen molar-refractivity contribution < 1.29 is 9.53 Å². The van der Waals surface area contributed by atoms with Crippen molar-refractivity contribution in [1.29, 1.82) is 0 Å². The minimum absolute atomic E-state index is 0.0852. The molecule has 1 fully saturated rings. The first kappa shape index (κ1) is 14.9. The SMILES string of the molecule is CCOc1cc(C)ccc1NC(=O)C1CCNC(C)C1. The Morgan fingerprint density at radius 3 is 3.00 bits per heavy atom. The smallest absolute Gasteiger partial charge is 0.227 e. The van der Waals surface area contributed by atoms with E-state index >= 15 is 0 Å². The van der Waals surface area contributed by atoms with E-state index in [9.17, 15) is 4.79 Å². The van der Waals surface area contributed by atoms with E-state index < -0.39 is 0 Å². The van der Waals surface area contributed by atoms with Crippen molar-refractivity contribution >= 4 is 11.6 Å². The Morgan fingerprint density at radius 1 is 1.50 bits per heavy atom. The van der Waals surface area contributed by atoms with Gasteiger partial charge >= 0.3 is 0 Å². The molecule has 1 amide bonds. The van der Waals surface area contributed by atoms with Crippen molar-refractivity contribution in [3.8, 4) is 5.75 Å². The van der Waals surface area contributed by atoms with Gasteiger partial charge in [-0.15, -0.1) is 0 Å². The van der Waals surface area contributed by atoms with Crippen LogP contribution in [0.4, 0.5) is 5.69 Å². The van der Waals surface area contributed by atoms with Crippen LogP contribution in [0.5, 0.6) is 5.75 Å². The molecule has 0 spiro atoms. The van der Waals surface area contributed by atoms with Crippen molar-refractivity contribution in [2.75, 3.05) is 18.5 Å². The van der Waals surface area contributed by atoms with Gasteiger partial charge in [0, 0.05) is 12.0 Å². The summed E-state index contributed by atoms with van der Waals surface area (Å²) in [4.78, 5) is 12.4. The normalized spacial score (nSPS) is 22.4. The van der Waals surface area contributed by atoms with Gasteiger partial charge < -0.3 is 15.4 Å². The molecule has 1 saturated heterocycles. The number of benzene rings is 1. The zero-order chi connectivity index (χ0) is 14.5. The fourth-order valence-corrected chi connectivity index (χ4v) is 2.61. The lowest BCUT2D eigenvalue weighted by Gasteiger charge is -2.27. The predicted molar refractivity (Wildman–Crippen MR) is 81.2 cm³/mol. The van der Waals surface area contributed by atoms with Crippen LogP contribution >= 0.6 is 0 Å². The van der Waals surface area contributed by atoms with Gasteiger partial charge in [-0.1, -0.05) is 6.07 Å². The van der Waals surface area contributed by atoms with Gasteiger partial charge in [-0.3, -0.25) is 4.79 Å². The summed E-state index contributed by atoms with van der Waals surface area (Å²) in [6, 6.07) is 6.28. The van der Waals surface area contributed by atoms with Crippen LogP contribution in [0.3, 0.4) is 0 Å². The molecule has 20 heavy (non-hydrogen) atoms. The number of nitrogens with one attached hydrogen (secondary N) is 2. The average molecular weight is 276 g/mol. The van der Waals surface area contributed by atoms with E-state index in [-0.39, 0.29) is 11.8 Å². The van der Waals surface area contributed by atoms with Crippen LogP contribution in [0.2, 0.25) is 0 Å². The van der Waals surface area contributed by atoms with Gasteiger partial charge in [0.25, 0.3) is 0 Å². The Morgan fingerprint density at radius 2 is 2.30 bits per heavy atom. The van der Waals surface area contributed by atoms with Gasteiger partial charge in [0.15, 0.2) is 0 Å². The summed E-state index contributed by atoms with van der Waals surface area (Å²) >= 11 is 0. The number of carbonyl (C=O) groups is 1. The van der Waals surface area contributed by atoms with Gasteiger partial charge in [-0.25, -0.2) is 0 Å². The minimum atomic E-state index is 0.0852. The summed E-state index contributed by atoms with van der Waals surface area (Å²) in [6.45, 7) is 7.59. The lowest BCUT2D eigenvalue weighted by Crippen LogP contribution is -2.40. The van der Waals surface area contributed by atoms with Crippen molar-refractivity contribution in [2.24, 2.45) is 5.92 Å². The first-order chi connectivity index (χ1) is 9.60. The molecule has 1 aliphatic rings. The number of hydrogen-bond acceptors (Lipinski definition) is 3. The Hall–Kier alpha value is -1.55. The quantitative estimate of drug-likeness (QED) is 0.889. The van der Waals surface area contributed by atoms with Gasteiger partial charge in [-0.05, 0) is 57.9 Å². The number of aryl methyl sites for hydroxylation is 1. The Labute approximate surface area is 120 Å². The molecule has 0 aliphatic carbocycles. The topological polar surface area (TPSA) is 50.4 Å². The van der Waals surface area contributed by atoms with E-state index in [4.69, 9.17) is 4.74 Å². The fourth-order valence-electron chi connectivity index (χ4n) is 2.61. The number of ether oxygens (including phenoxy) is 1. The highest BCUT2D eigenvalue weighted by molar-refractivity contribution is 5.94. The molecule has 0 aromatic heterocycles. The zero-order valence-corrected chi connectivity index (χ0v) is 12.5. The number of hydrogen-bond donors (Lipinski definition) is 2. The molecular formula is C16H24N2O2. The third kappa shape index (κ3) is 3.73. The van der Waals surface area contributed by atoms with Gasteiger partial charge in [0.1, 0.15) is 5.75 Å². The molecule has 1 aromatic carbocycles. The minimum Gasteiger partial charge on any atom is -0.492 e. The molecule has 2 N–H and O–H groups in total. The van der Waals surface area contributed by atoms with Crippen molar-refractivity contribution in [3.05, 3.63) is 23.8 Å². The second kappa shape index (κ2) is 6.75. The summed E-state index contributed by atoms with van der Waals surface area (Å²) in [5.74, 6) is 0.938. The molecule has 1 aromatic rings. The van der Waals surface area contributed by atoms with E-state index in [1.165, 1.54) is 0 Å². The van der Waals surface area contributed by atoms with E-state index in [2.05, 4.69) is 17.6 Å². The summed E-state index contributed by atoms with van der Waals surface area (Å²) in [6.07, 6.45) is 1.79. The molecule has 2 rings (SSSR count). The fraction of sp³-hybridized carbons (Fsp3) is 0.562. The van der Waals surface area contributed by atoms with Crippen LogP contribution in [0.1, 0.15) is 32.3 Å². The Balaban J connectivity index is 2.06. The lowest BCUT2D eigenvalue weighted by molar-refractivity contribution is -0.120. The number of piperidine rings is 1. The summed E-state index contributed by atoms with van der Waals surface area (Å²) in [5.41, 5.74) is 1.90. The van der Waals surface area contributed by atoms with Crippen molar-refractivity contribution in [1.82, 2.24) is 5.32 Å². The van der Waals surface area contributed by atoms with E-state index in [0.717, 1.165) is 36.4 Å². The molecule has 0 radical (unpaired) electrons. The van der Waals surface area contributed by atoms with Crippen LogP contribution < -0.4 is 15.4 Å². The highest BCUT2D eigenvalue weighted by Crippen LogP contribution is 2.27. The molecule has 4 nitrogen and oxygen atoms in total. The average Bonchev–Trinajstić information content (AvgIpc) is 2.42. The largest absolute Gasteiger partial charge is 0.492 e. The van der Waals surface area contributed by atoms with Crippen LogP contribution in [-0.4, -0.2) is 25.1 Å². The summed E-state index contributed by atoms with van der Waals surface area (Å²) in [5, 5.41) is 6.39. The van der Waals surface area contributed by atoms with E-state index in [1.807, 2.05) is 32.0 Å². The number of rotatable bonds is 4.